The molecule has 4 aromatic heterocycles. The van der Waals surface area contributed by atoms with Crippen molar-refractivity contribution < 1.29 is 0 Å². The topological polar surface area (TPSA) is 6.48 Å². The Morgan fingerprint density at radius 3 is 0.820 bits per heavy atom. The van der Waals surface area contributed by atoms with Crippen LogP contribution in [0.1, 0.15) is 25.0 Å². The monoisotopic (exact) mass is 856 g/mol. The fraction of sp³-hybridized carbons (Fsp3) is 0.0545. The Morgan fingerprint density at radius 2 is 0.574 bits per heavy atom. The summed E-state index contributed by atoms with van der Waals surface area (Å²) in [5, 5.41) is 8.57. The first kappa shape index (κ1) is 37.7. The van der Waals surface area contributed by atoms with Crippen molar-refractivity contribution in [3.05, 3.63) is 215 Å². The maximum atomic E-state index is 2.43. The fourth-order valence-corrected chi connectivity index (χ4v) is 11.7. The highest BCUT2D eigenvalue weighted by Gasteiger charge is 2.37. The summed E-state index contributed by atoms with van der Waals surface area (Å²) in [5.74, 6) is 0. The molecule has 11 rings (SSSR count). The van der Waals surface area contributed by atoms with Gasteiger partial charge in [-0.3, -0.25) is 0 Å². The minimum absolute atomic E-state index is 0.244. The smallest absolute Gasteiger partial charge is 0.0465 e. The number of rotatable bonds is 10. The number of benzene rings is 6. The normalized spacial score (nSPS) is 12.6. The predicted molar refractivity (Wildman–Crippen MR) is 267 cm³/mol. The van der Waals surface area contributed by atoms with Crippen LogP contribution in [0.2, 0.25) is 0 Å². The van der Waals surface area contributed by atoms with Crippen molar-refractivity contribution in [1.82, 2.24) is 0 Å². The zero-order valence-corrected chi connectivity index (χ0v) is 36.9. The van der Waals surface area contributed by atoms with E-state index in [1.807, 2.05) is 0 Å². The van der Waals surface area contributed by atoms with Gasteiger partial charge in [0.25, 0.3) is 0 Å². The van der Waals surface area contributed by atoms with Gasteiger partial charge in [0, 0.05) is 59.0 Å². The van der Waals surface area contributed by atoms with Crippen LogP contribution in [-0.2, 0) is 5.41 Å². The van der Waals surface area contributed by atoms with Gasteiger partial charge >= 0.3 is 0 Å². The number of thiophene rings is 4. The molecule has 61 heavy (non-hydrogen) atoms. The summed E-state index contributed by atoms with van der Waals surface area (Å²) >= 11 is 7.10. The van der Waals surface area contributed by atoms with Crippen LogP contribution >= 0.6 is 45.3 Å². The summed E-state index contributed by atoms with van der Waals surface area (Å²) in [4.78, 5) is 9.92. The van der Waals surface area contributed by atoms with Crippen molar-refractivity contribution in [2.24, 2.45) is 0 Å². The lowest BCUT2D eigenvalue weighted by Gasteiger charge is -2.29. The minimum atomic E-state index is -0.244. The molecule has 0 aliphatic heterocycles. The van der Waals surface area contributed by atoms with Gasteiger partial charge in [-0.2, -0.15) is 0 Å². The minimum Gasteiger partial charge on any atom is -0.310 e. The highest BCUT2D eigenvalue weighted by Crippen LogP contribution is 2.53. The number of fused-ring (bicyclic) bond motifs is 3. The van der Waals surface area contributed by atoms with Gasteiger partial charge in [-0.25, -0.2) is 0 Å². The summed E-state index contributed by atoms with van der Waals surface area (Å²) in [6.07, 6.45) is 0. The van der Waals surface area contributed by atoms with E-state index in [0.717, 1.165) is 34.1 Å². The van der Waals surface area contributed by atoms with E-state index in [4.69, 9.17) is 0 Å². The predicted octanol–water partition coefficient (Wildman–Crippen LogP) is 17.8. The molecule has 6 aromatic carbocycles. The Hall–Kier alpha value is -6.28. The third-order valence-electron chi connectivity index (χ3n) is 11.9. The fourth-order valence-electron chi connectivity index (χ4n) is 8.76. The second-order valence-corrected chi connectivity index (χ2v) is 19.6. The molecule has 0 spiro atoms. The molecule has 0 radical (unpaired) electrons. The molecule has 10 aromatic rings. The first-order valence-corrected chi connectivity index (χ1v) is 24.0. The molecule has 0 fully saturated rings. The van der Waals surface area contributed by atoms with Gasteiger partial charge in [0.1, 0.15) is 0 Å². The van der Waals surface area contributed by atoms with Gasteiger partial charge in [-0.05, 0) is 163 Å². The van der Waals surface area contributed by atoms with Crippen LogP contribution in [0.3, 0.4) is 0 Å². The average Bonchev–Trinajstić information content (AvgIpc) is 4.17. The van der Waals surface area contributed by atoms with Crippen LogP contribution in [0.15, 0.2) is 204 Å². The van der Waals surface area contributed by atoms with Crippen molar-refractivity contribution in [2.75, 3.05) is 9.80 Å². The third kappa shape index (κ3) is 6.96. The van der Waals surface area contributed by atoms with Crippen LogP contribution in [-0.4, -0.2) is 0 Å². The van der Waals surface area contributed by atoms with Crippen molar-refractivity contribution in [2.45, 2.75) is 19.3 Å². The van der Waals surface area contributed by atoms with Crippen LogP contribution in [0.4, 0.5) is 34.1 Å². The van der Waals surface area contributed by atoms with E-state index in [2.05, 4.69) is 227 Å². The van der Waals surface area contributed by atoms with Gasteiger partial charge in [-0.1, -0.05) is 98.8 Å². The Labute approximate surface area is 373 Å². The Balaban J connectivity index is 0.982. The zero-order valence-electron chi connectivity index (χ0n) is 33.7. The quantitative estimate of drug-likeness (QED) is 0.135. The Morgan fingerprint density at radius 1 is 0.311 bits per heavy atom. The number of nitrogens with zero attached hydrogens (tertiary/aromatic N) is 2. The van der Waals surface area contributed by atoms with Crippen molar-refractivity contribution in [1.29, 1.82) is 0 Å². The van der Waals surface area contributed by atoms with Gasteiger partial charge in [0.2, 0.25) is 0 Å². The molecule has 0 atom stereocenters. The number of anilines is 6. The highest BCUT2D eigenvalue weighted by molar-refractivity contribution is 7.14. The maximum absolute atomic E-state index is 2.43. The van der Waals surface area contributed by atoms with Gasteiger partial charge in [0.15, 0.2) is 0 Å². The standard InChI is InChI=1S/C55H40N2S4/c1-55(2)49-35-45(56(41-19-11-37(12-20-41)51-7-3-31-58-51)42-21-13-38(14-22-42)52-8-4-32-59-52)27-29-47(49)48-30-28-46(36-50(48)55)57(43-23-15-39(16-24-43)53-9-5-33-60-53)44-25-17-40(18-26-44)54-10-6-34-61-54/h3-36H,1-2H3. The van der Waals surface area contributed by atoms with E-state index in [1.54, 1.807) is 45.3 Å². The largest absolute Gasteiger partial charge is 0.310 e. The summed E-state index contributed by atoms with van der Waals surface area (Å²) in [6.45, 7) is 4.77. The van der Waals surface area contributed by atoms with E-state index in [0.29, 0.717) is 0 Å². The molecule has 0 saturated heterocycles. The Kier molecular flexibility index (Phi) is 9.66. The molecule has 1 aliphatic rings. The summed E-state index contributed by atoms with van der Waals surface area (Å²) in [7, 11) is 0. The molecular formula is C55H40N2S4. The average molecular weight is 857 g/mol. The van der Waals surface area contributed by atoms with Gasteiger partial charge < -0.3 is 9.80 Å². The van der Waals surface area contributed by atoms with Crippen molar-refractivity contribution in [3.8, 4) is 52.9 Å². The molecule has 0 N–H and O–H groups in total. The first-order valence-electron chi connectivity index (χ1n) is 20.4. The maximum Gasteiger partial charge on any atom is 0.0465 e. The van der Waals surface area contributed by atoms with Crippen LogP contribution in [0, 0.1) is 0 Å². The van der Waals surface area contributed by atoms with Crippen molar-refractivity contribution in [3.63, 3.8) is 0 Å². The SMILES string of the molecule is CC1(C)c2cc(N(c3ccc(-c4cccs4)cc3)c3ccc(-c4cccs4)cc3)ccc2-c2ccc(N(c3ccc(-c4cccs4)cc3)c3ccc(-c4cccs4)cc3)cc21. The van der Waals surface area contributed by atoms with E-state index in [9.17, 15) is 0 Å². The molecule has 4 heterocycles. The highest BCUT2D eigenvalue weighted by atomic mass is 32.1. The molecule has 0 amide bonds. The van der Waals surface area contributed by atoms with E-state index in [-0.39, 0.29) is 5.41 Å². The third-order valence-corrected chi connectivity index (χ3v) is 15.6. The summed E-state index contributed by atoms with van der Waals surface area (Å²) < 4.78 is 0. The van der Waals surface area contributed by atoms with Gasteiger partial charge in [-0.15, -0.1) is 45.3 Å². The molecular weight excluding hydrogens is 817 g/mol. The molecule has 0 saturated carbocycles. The molecule has 2 nitrogen and oxygen atoms in total. The van der Waals surface area contributed by atoms with Crippen LogP contribution < -0.4 is 9.80 Å². The second-order valence-electron chi connectivity index (χ2n) is 15.9. The molecule has 0 unspecified atom stereocenters. The zero-order chi connectivity index (χ0) is 40.9. The molecule has 294 valence electrons. The number of hydrogen-bond donors (Lipinski definition) is 0. The van der Waals surface area contributed by atoms with Crippen LogP contribution in [0.5, 0.6) is 0 Å². The molecule has 0 bridgehead atoms. The number of hydrogen-bond acceptors (Lipinski definition) is 6. The lowest BCUT2D eigenvalue weighted by atomic mass is 9.82. The molecule has 1 aliphatic carbocycles. The lowest BCUT2D eigenvalue weighted by Crippen LogP contribution is -2.17. The van der Waals surface area contributed by atoms with Crippen LogP contribution in [0.25, 0.3) is 52.9 Å². The molecule has 6 heteroatoms. The Bertz CT molecular complexity index is 2690. The summed E-state index contributed by atoms with van der Waals surface area (Å²) in [6, 6.07) is 67.5. The second kappa shape index (κ2) is 15.6. The summed E-state index contributed by atoms with van der Waals surface area (Å²) in [5.41, 5.74) is 16.8. The van der Waals surface area contributed by atoms with E-state index in [1.165, 1.54) is 64.0 Å². The van der Waals surface area contributed by atoms with Crippen molar-refractivity contribution >= 4 is 79.5 Å². The van der Waals surface area contributed by atoms with Gasteiger partial charge in [0.05, 0.1) is 0 Å². The first-order chi connectivity index (χ1) is 30.0. The van der Waals surface area contributed by atoms with E-state index < -0.39 is 0 Å². The lowest BCUT2D eigenvalue weighted by molar-refractivity contribution is 0.660. The van der Waals surface area contributed by atoms with E-state index >= 15 is 0 Å².